The van der Waals surface area contributed by atoms with Crippen molar-refractivity contribution < 1.29 is 13.2 Å². The molecule has 0 saturated carbocycles. The molecule has 0 aliphatic rings. The molecule has 0 heterocycles. The average molecular weight is 361 g/mol. The molecule has 130 valence electrons. The molecule has 3 aromatic carbocycles. The molecule has 25 heavy (non-hydrogen) atoms. The molecule has 0 unspecified atom stereocenters. The third-order valence-corrected chi connectivity index (χ3v) is 4.25. The van der Waals surface area contributed by atoms with Gasteiger partial charge < -0.3 is 5.73 Å². The summed E-state index contributed by atoms with van der Waals surface area (Å²) in [4.78, 5) is 2.51. The average Bonchev–Trinajstić information content (AvgIpc) is 2.64. The molecule has 0 aliphatic carbocycles. The summed E-state index contributed by atoms with van der Waals surface area (Å²) in [6, 6.07) is 25.1. The second-order valence-corrected chi connectivity index (χ2v) is 6.27. The predicted molar refractivity (Wildman–Crippen MR) is 96.3 cm³/mol. The smallest absolute Gasteiger partial charge is 0.326 e. The zero-order valence-corrected chi connectivity index (χ0v) is 14.2. The minimum atomic E-state index is -4.21. The molecule has 0 bridgehead atoms. The number of nitrogens with two attached hydrogens (primary N) is 1. The van der Waals surface area contributed by atoms with Crippen LogP contribution in [-0.2, 0) is 12.7 Å². The van der Waals surface area contributed by atoms with Gasteiger partial charge in [-0.1, -0.05) is 72.4 Å². The highest BCUT2D eigenvalue weighted by atomic mass is 32.2. The summed E-state index contributed by atoms with van der Waals surface area (Å²) in [5.74, 6) is 0. The number of benzene rings is 3. The van der Waals surface area contributed by atoms with Gasteiger partial charge in [0.25, 0.3) is 0 Å². The van der Waals surface area contributed by atoms with Crippen molar-refractivity contribution in [2.75, 3.05) is 0 Å². The fourth-order valence-electron chi connectivity index (χ4n) is 1.95. The molecule has 0 atom stereocenters. The van der Waals surface area contributed by atoms with Crippen LogP contribution in [0.1, 0.15) is 11.1 Å². The van der Waals surface area contributed by atoms with Crippen molar-refractivity contribution in [1.82, 2.24) is 0 Å². The SMILES string of the molecule is FC(F)(F)c1ccccc1.NCc1ccc(Sc2ccccc2)cc1. The molecule has 3 rings (SSSR count). The van der Waals surface area contributed by atoms with E-state index in [1.165, 1.54) is 27.5 Å². The summed E-state index contributed by atoms with van der Waals surface area (Å²) in [5, 5.41) is 0. The van der Waals surface area contributed by atoms with Crippen molar-refractivity contribution in [2.45, 2.75) is 22.5 Å². The van der Waals surface area contributed by atoms with Gasteiger partial charge in [-0.3, -0.25) is 0 Å². The molecule has 0 spiro atoms. The van der Waals surface area contributed by atoms with Crippen molar-refractivity contribution in [1.29, 1.82) is 0 Å². The Balaban J connectivity index is 0.000000196. The van der Waals surface area contributed by atoms with Gasteiger partial charge >= 0.3 is 6.18 Å². The first-order chi connectivity index (χ1) is 12.0. The highest BCUT2D eigenvalue weighted by molar-refractivity contribution is 7.99. The molecule has 2 N–H and O–H groups in total. The van der Waals surface area contributed by atoms with E-state index in [9.17, 15) is 13.2 Å². The Labute approximate surface area is 149 Å². The lowest BCUT2D eigenvalue weighted by Crippen LogP contribution is -2.03. The van der Waals surface area contributed by atoms with E-state index < -0.39 is 11.7 Å². The maximum Gasteiger partial charge on any atom is 0.416 e. The van der Waals surface area contributed by atoms with Gasteiger partial charge in [-0.2, -0.15) is 13.2 Å². The van der Waals surface area contributed by atoms with Crippen LogP contribution in [0.15, 0.2) is 94.7 Å². The Morgan fingerprint density at radius 1 is 0.680 bits per heavy atom. The molecule has 0 fully saturated rings. The molecular formula is C20H18F3NS. The maximum atomic E-state index is 11.8. The van der Waals surface area contributed by atoms with Gasteiger partial charge in [0, 0.05) is 16.3 Å². The summed E-state index contributed by atoms with van der Waals surface area (Å²) in [6.45, 7) is 0.607. The van der Waals surface area contributed by atoms with E-state index >= 15 is 0 Å². The number of rotatable bonds is 3. The fourth-order valence-corrected chi connectivity index (χ4v) is 2.78. The van der Waals surface area contributed by atoms with Crippen LogP contribution in [0.25, 0.3) is 0 Å². The number of alkyl halides is 3. The van der Waals surface area contributed by atoms with Crippen LogP contribution in [0.4, 0.5) is 13.2 Å². The second kappa shape index (κ2) is 9.30. The lowest BCUT2D eigenvalue weighted by Gasteiger charge is -2.03. The normalized spacial score (nSPS) is 10.7. The largest absolute Gasteiger partial charge is 0.416 e. The van der Waals surface area contributed by atoms with Gasteiger partial charge in [-0.25, -0.2) is 0 Å². The Kier molecular flexibility index (Phi) is 7.10. The highest BCUT2D eigenvalue weighted by Crippen LogP contribution is 2.28. The fraction of sp³-hybridized carbons (Fsp3) is 0.100. The number of hydrogen-bond acceptors (Lipinski definition) is 2. The third kappa shape index (κ3) is 6.64. The number of halogens is 3. The summed E-state index contributed by atoms with van der Waals surface area (Å²) >= 11 is 1.77. The Hall–Kier alpha value is -2.24. The molecule has 0 aliphatic heterocycles. The van der Waals surface area contributed by atoms with Crippen LogP contribution in [0.3, 0.4) is 0 Å². The molecule has 0 amide bonds. The molecule has 1 nitrogen and oxygen atoms in total. The first kappa shape index (κ1) is 19.1. The number of hydrogen-bond donors (Lipinski definition) is 1. The summed E-state index contributed by atoms with van der Waals surface area (Å²) in [5.41, 5.74) is 6.12. The van der Waals surface area contributed by atoms with Crippen LogP contribution in [0.5, 0.6) is 0 Å². The Morgan fingerprint density at radius 3 is 1.60 bits per heavy atom. The van der Waals surface area contributed by atoms with Gasteiger partial charge in [0.2, 0.25) is 0 Å². The first-order valence-corrected chi connectivity index (χ1v) is 8.45. The molecular weight excluding hydrogens is 343 g/mol. The Morgan fingerprint density at radius 2 is 1.16 bits per heavy atom. The van der Waals surface area contributed by atoms with Gasteiger partial charge in [0.1, 0.15) is 0 Å². The van der Waals surface area contributed by atoms with Crippen molar-refractivity contribution >= 4 is 11.8 Å². The van der Waals surface area contributed by atoms with Crippen molar-refractivity contribution in [3.63, 3.8) is 0 Å². The lowest BCUT2D eigenvalue weighted by molar-refractivity contribution is -0.137. The van der Waals surface area contributed by atoms with Crippen molar-refractivity contribution in [2.24, 2.45) is 5.73 Å². The maximum absolute atomic E-state index is 11.8. The van der Waals surface area contributed by atoms with E-state index in [1.54, 1.807) is 17.8 Å². The summed E-state index contributed by atoms with van der Waals surface area (Å²) in [6.07, 6.45) is -4.21. The van der Waals surface area contributed by atoms with E-state index in [-0.39, 0.29) is 0 Å². The zero-order chi connectivity index (χ0) is 18.1. The van der Waals surface area contributed by atoms with Gasteiger partial charge in [-0.15, -0.1) is 0 Å². The van der Waals surface area contributed by atoms with E-state index in [0.29, 0.717) is 6.54 Å². The Bertz CT molecular complexity index is 741. The monoisotopic (exact) mass is 361 g/mol. The summed E-state index contributed by atoms with van der Waals surface area (Å²) in [7, 11) is 0. The van der Waals surface area contributed by atoms with Crippen LogP contribution in [0, 0.1) is 0 Å². The van der Waals surface area contributed by atoms with Crippen LogP contribution < -0.4 is 5.73 Å². The second-order valence-electron chi connectivity index (χ2n) is 5.13. The van der Waals surface area contributed by atoms with Gasteiger partial charge in [0.15, 0.2) is 0 Å². The van der Waals surface area contributed by atoms with Crippen molar-refractivity contribution in [3.05, 3.63) is 96.1 Å². The van der Waals surface area contributed by atoms with Gasteiger partial charge in [-0.05, 0) is 29.8 Å². The highest BCUT2D eigenvalue weighted by Gasteiger charge is 2.29. The van der Waals surface area contributed by atoms with Crippen molar-refractivity contribution in [3.8, 4) is 0 Å². The van der Waals surface area contributed by atoms with Crippen LogP contribution in [0.2, 0.25) is 0 Å². The van der Waals surface area contributed by atoms with E-state index in [0.717, 1.165) is 12.1 Å². The van der Waals surface area contributed by atoms with E-state index in [4.69, 9.17) is 5.73 Å². The lowest BCUT2D eigenvalue weighted by atomic mass is 10.2. The van der Waals surface area contributed by atoms with Crippen LogP contribution >= 0.6 is 11.8 Å². The standard InChI is InChI=1S/C13H13NS.C7H5F3/c14-10-11-6-8-13(9-7-11)15-12-4-2-1-3-5-12;8-7(9,10)6-4-2-1-3-5-6/h1-9H,10,14H2;1-5H. The third-order valence-electron chi connectivity index (χ3n) is 3.24. The molecule has 0 radical (unpaired) electrons. The first-order valence-electron chi connectivity index (χ1n) is 7.63. The minimum absolute atomic E-state index is 0.602. The quantitative estimate of drug-likeness (QED) is 0.619. The zero-order valence-electron chi connectivity index (χ0n) is 13.4. The van der Waals surface area contributed by atoms with E-state index in [1.807, 2.05) is 6.07 Å². The molecule has 3 aromatic rings. The predicted octanol–water partition coefficient (Wildman–Crippen LogP) is 6.00. The molecule has 0 aromatic heterocycles. The van der Waals surface area contributed by atoms with Crippen LogP contribution in [-0.4, -0.2) is 0 Å². The molecule has 5 heteroatoms. The minimum Gasteiger partial charge on any atom is -0.326 e. The summed E-state index contributed by atoms with van der Waals surface area (Å²) < 4.78 is 35.4. The molecule has 0 saturated heterocycles. The van der Waals surface area contributed by atoms with Gasteiger partial charge in [0.05, 0.1) is 5.56 Å². The van der Waals surface area contributed by atoms with E-state index in [2.05, 4.69) is 48.5 Å². The topological polar surface area (TPSA) is 26.0 Å².